The topological polar surface area (TPSA) is 59.7 Å². The number of benzene rings is 2. The Morgan fingerprint density at radius 1 is 1.27 bits per heavy atom. The summed E-state index contributed by atoms with van der Waals surface area (Å²) in [6.07, 6.45) is -0.0752. The number of fused-ring (bicyclic) bond motifs is 1. The quantitative estimate of drug-likeness (QED) is 0.775. The third kappa shape index (κ3) is 2.65. The molecule has 0 atom stereocenters. The molecule has 3 rings (SSSR count). The number of carboxylic acid groups (broad SMARTS) is 1. The van der Waals surface area contributed by atoms with Crippen molar-refractivity contribution in [2.24, 2.45) is 0 Å². The number of carbonyl (C=O) groups is 1. The molecule has 0 aliphatic carbocycles. The molecular weight excluding hydrogens is 304 g/mol. The zero-order chi connectivity index (χ0) is 15.7. The van der Waals surface area contributed by atoms with Crippen LogP contribution in [0.2, 0.25) is 5.02 Å². The number of aliphatic carboxylic acids is 1. The summed E-state index contributed by atoms with van der Waals surface area (Å²) in [4.78, 5) is 10.9. The van der Waals surface area contributed by atoms with E-state index < -0.39 is 5.97 Å². The van der Waals surface area contributed by atoms with Gasteiger partial charge in [0.15, 0.2) is 0 Å². The van der Waals surface area contributed by atoms with Crippen LogP contribution in [0.4, 0.5) is 0 Å². The van der Waals surface area contributed by atoms with Gasteiger partial charge in [-0.25, -0.2) is 0 Å². The maximum absolute atomic E-state index is 10.9. The second-order valence-corrected chi connectivity index (χ2v) is 5.27. The van der Waals surface area contributed by atoms with Gasteiger partial charge in [0.2, 0.25) is 0 Å². The molecule has 0 aliphatic heterocycles. The van der Waals surface area contributed by atoms with E-state index in [4.69, 9.17) is 25.9 Å². The van der Waals surface area contributed by atoms with E-state index in [0.29, 0.717) is 27.7 Å². The maximum atomic E-state index is 10.9. The largest absolute Gasteiger partial charge is 0.495 e. The molecule has 0 saturated heterocycles. The molecule has 3 aromatic rings. The third-order valence-electron chi connectivity index (χ3n) is 3.40. The van der Waals surface area contributed by atoms with E-state index in [1.165, 1.54) is 0 Å². The molecule has 0 bridgehead atoms. The van der Waals surface area contributed by atoms with Crippen molar-refractivity contribution < 1.29 is 19.1 Å². The van der Waals surface area contributed by atoms with Crippen LogP contribution in [-0.2, 0) is 11.2 Å². The molecule has 0 amide bonds. The lowest BCUT2D eigenvalue weighted by molar-refractivity contribution is -0.136. The van der Waals surface area contributed by atoms with Crippen LogP contribution in [0, 0.1) is 0 Å². The summed E-state index contributed by atoms with van der Waals surface area (Å²) in [5, 5.41) is 10.4. The Kier molecular flexibility index (Phi) is 3.77. The SMILES string of the molecule is COc1cc(-c2cc3cccc(CC(=O)O)c3o2)ccc1Cl. The number of hydrogen-bond donors (Lipinski definition) is 1. The first-order valence-electron chi connectivity index (χ1n) is 6.65. The monoisotopic (exact) mass is 316 g/mol. The van der Waals surface area contributed by atoms with Crippen molar-refractivity contribution in [1.82, 2.24) is 0 Å². The van der Waals surface area contributed by atoms with Crippen LogP contribution >= 0.6 is 11.6 Å². The van der Waals surface area contributed by atoms with Crippen molar-refractivity contribution in [3.8, 4) is 17.1 Å². The molecule has 0 fully saturated rings. The molecule has 0 saturated carbocycles. The predicted octanol–water partition coefficient (Wildman–Crippen LogP) is 4.39. The lowest BCUT2D eigenvalue weighted by atomic mass is 10.1. The van der Waals surface area contributed by atoms with E-state index >= 15 is 0 Å². The Morgan fingerprint density at radius 2 is 2.09 bits per heavy atom. The van der Waals surface area contributed by atoms with Gasteiger partial charge in [0, 0.05) is 16.5 Å². The van der Waals surface area contributed by atoms with Crippen molar-refractivity contribution in [2.75, 3.05) is 7.11 Å². The van der Waals surface area contributed by atoms with Crippen molar-refractivity contribution in [2.45, 2.75) is 6.42 Å². The van der Waals surface area contributed by atoms with Gasteiger partial charge in [0.25, 0.3) is 0 Å². The lowest BCUT2D eigenvalue weighted by Gasteiger charge is -2.04. The Balaban J connectivity index is 2.10. The summed E-state index contributed by atoms with van der Waals surface area (Å²) in [6, 6.07) is 12.7. The minimum absolute atomic E-state index is 0.0752. The minimum atomic E-state index is -0.890. The standard InChI is InChI=1S/C17H13ClO4/c1-21-15-7-10(5-6-13(15)18)14-8-11-3-2-4-12(9-16(19)20)17(11)22-14/h2-8H,9H2,1H3,(H,19,20). The van der Waals surface area contributed by atoms with Crippen LogP contribution in [-0.4, -0.2) is 18.2 Å². The fourth-order valence-electron chi connectivity index (χ4n) is 2.38. The van der Waals surface area contributed by atoms with Crippen molar-refractivity contribution >= 4 is 28.5 Å². The third-order valence-corrected chi connectivity index (χ3v) is 3.72. The fraction of sp³-hybridized carbons (Fsp3) is 0.118. The second kappa shape index (κ2) is 5.73. The Bertz CT molecular complexity index is 851. The number of rotatable bonds is 4. The number of para-hydroxylation sites is 1. The highest BCUT2D eigenvalue weighted by atomic mass is 35.5. The fourth-order valence-corrected chi connectivity index (χ4v) is 2.58. The van der Waals surface area contributed by atoms with Crippen LogP contribution in [0.25, 0.3) is 22.3 Å². The highest BCUT2D eigenvalue weighted by molar-refractivity contribution is 6.32. The van der Waals surface area contributed by atoms with Gasteiger partial charge in [-0.2, -0.15) is 0 Å². The number of furan rings is 1. The summed E-state index contributed by atoms with van der Waals surface area (Å²) in [6.45, 7) is 0. The molecule has 5 heteroatoms. The first kappa shape index (κ1) is 14.5. The van der Waals surface area contributed by atoms with E-state index in [9.17, 15) is 4.79 Å². The average molecular weight is 317 g/mol. The Morgan fingerprint density at radius 3 is 2.82 bits per heavy atom. The molecule has 2 aromatic carbocycles. The summed E-state index contributed by atoms with van der Waals surface area (Å²) in [5.74, 6) is 0.312. The molecule has 1 N–H and O–H groups in total. The number of methoxy groups -OCH3 is 1. The highest BCUT2D eigenvalue weighted by Crippen LogP contribution is 2.34. The van der Waals surface area contributed by atoms with Gasteiger partial charge in [-0.1, -0.05) is 29.8 Å². The van der Waals surface area contributed by atoms with E-state index in [-0.39, 0.29) is 6.42 Å². The number of hydrogen-bond acceptors (Lipinski definition) is 3. The average Bonchev–Trinajstić information content (AvgIpc) is 2.92. The molecule has 0 spiro atoms. The smallest absolute Gasteiger partial charge is 0.307 e. The van der Waals surface area contributed by atoms with Crippen molar-refractivity contribution in [3.05, 3.63) is 53.1 Å². The molecular formula is C17H13ClO4. The molecule has 0 radical (unpaired) electrons. The van der Waals surface area contributed by atoms with E-state index in [1.807, 2.05) is 24.3 Å². The Labute approximate surface area is 131 Å². The Hall–Kier alpha value is -2.46. The van der Waals surface area contributed by atoms with Crippen LogP contribution in [0.15, 0.2) is 46.9 Å². The van der Waals surface area contributed by atoms with Crippen LogP contribution in [0.1, 0.15) is 5.56 Å². The lowest BCUT2D eigenvalue weighted by Crippen LogP contribution is -1.99. The molecule has 1 heterocycles. The maximum Gasteiger partial charge on any atom is 0.307 e. The van der Waals surface area contributed by atoms with Crippen molar-refractivity contribution in [1.29, 1.82) is 0 Å². The summed E-state index contributed by atoms with van der Waals surface area (Å²) in [7, 11) is 1.55. The van der Waals surface area contributed by atoms with E-state index in [0.717, 1.165) is 10.9 Å². The van der Waals surface area contributed by atoms with E-state index in [2.05, 4.69) is 0 Å². The van der Waals surface area contributed by atoms with Crippen LogP contribution in [0.3, 0.4) is 0 Å². The van der Waals surface area contributed by atoms with E-state index in [1.54, 1.807) is 25.3 Å². The summed E-state index contributed by atoms with van der Waals surface area (Å²) in [5.41, 5.74) is 2.06. The van der Waals surface area contributed by atoms with Gasteiger partial charge in [-0.3, -0.25) is 4.79 Å². The van der Waals surface area contributed by atoms with Gasteiger partial charge in [0.1, 0.15) is 17.1 Å². The van der Waals surface area contributed by atoms with Crippen molar-refractivity contribution in [3.63, 3.8) is 0 Å². The molecule has 1 aromatic heterocycles. The van der Waals surface area contributed by atoms with Gasteiger partial charge < -0.3 is 14.3 Å². The summed E-state index contributed by atoms with van der Waals surface area (Å²) >= 11 is 6.02. The molecule has 4 nitrogen and oxygen atoms in total. The molecule has 0 unspecified atom stereocenters. The molecule has 22 heavy (non-hydrogen) atoms. The second-order valence-electron chi connectivity index (χ2n) is 4.87. The number of ether oxygens (including phenoxy) is 1. The van der Waals surface area contributed by atoms with Gasteiger partial charge in [0.05, 0.1) is 18.6 Å². The zero-order valence-corrected chi connectivity index (χ0v) is 12.6. The van der Waals surface area contributed by atoms with Gasteiger partial charge >= 0.3 is 5.97 Å². The predicted molar refractivity (Wildman–Crippen MR) is 84.6 cm³/mol. The highest BCUT2D eigenvalue weighted by Gasteiger charge is 2.13. The summed E-state index contributed by atoms with van der Waals surface area (Å²) < 4.78 is 11.1. The first-order valence-corrected chi connectivity index (χ1v) is 7.03. The van der Waals surface area contributed by atoms with Crippen LogP contribution in [0.5, 0.6) is 5.75 Å². The number of halogens is 1. The minimum Gasteiger partial charge on any atom is -0.495 e. The van der Waals surface area contributed by atoms with Gasteiger partial charge in [-0.05, 0) is 24.3 Å². The number of carboxylic acids is 1. The first-order chi connectivity index (χ1) is 10.6. The normalized spacial score (nSPS) is 10.8. The van der Waals surface area contributed by atoms with Crippen LogP contribution < -0.4 is 4.74 Å². The molecule has 0 aliphatic rings. The molecule has 112 valence electrons. The van der Waals surface area contributed by atoms with Gasteiger partial charge in [-0.15, -0.1) is 0 Å². The zero-order valence-electron chi connectivity index (χ0n) is 11.8.